The molecule has 0 saturated carbocycles. The van der Waals surface area contributed by atoms with E-state index in [1.165, 1.54) is 47.9 Å². The van der Waals surface area contributed by atoms with Gasteiger partial charge in [0, 0.05) is 37.6 Å². The lowest BCUT2D eigenvalue weighted by molar-refractivity contribution is -0.129. The molecule has 3 aromatic rings. The van der Waals surface area contributed by atoms with Gasteiger partial charge >= 0.3 is 0 Å². The van der Waals surface area contributed by atoms with E-state index < -0.39 is 51.3 Å². The zero-order valence-electron chi connectivity index (χ0n) is 20.0. The van der Waals surface area contributed by atoms with Gasteiger partial charge in [0.05, 0.1) is 17.9 Å². The quantitative estimate of drug-likeness (QED) is 0.269. The summed E-state index contributed by atoms with van der Waals surface area (Å²) in [5.41, 5.74) is 1.95. The summed E-state index contributed by atoms with van der Waals surface area (Å²) in [7, 11) is -3.24. The highest BCUT2D eigenvalue weighted by Gasteiger charge is 2.30. The first-order valence-corrected chi connectivity index (χ1v) is 12.8. The average Bonchev–Trinajstić information content (AvgIpc) is 2.89. The number of hydrogen-bond donors (Lipinski definition) is 2. The molecular weight excluding hydrogens is 546 g/mol. The van der Waals surface area contributed by atoms with E-state index in [9.17, 15) is 26.8 Å². The van der Waals surface area contributed by atoms with Crippen LogP contribution in [0.3, 0.4) is 0 Å². The summed E-state index contributed by atoms with van der Waals surface area (Å²) in [5.74, 6) is -4.86. The second kappa shape index (κ2) is 12.7. The van der Waals surface area contributed by atoms with Crippen molar-refractivity contribution in [1.82, 2.24) is 19.7 Å². The van der Waals surface area contributed by atoms with E-state index in [1.54, 1.807) is 18.3 Å². The van der Waals surface area contributed by atoms with E-state index in [0.717, 1.165) is 0 Å². The fraction of sp³-hybridized carbons (Fsp3) is 0.208. The van der Waals surface area contributed by atoms with Gasteiger partial charge in [-0.1, -0.05) is 17.7 Å². The molecule has 1 heterocycles. The number of benzene rings is 2. The van der Waals surface area contributed by atoms with E-state index in [2.05, 4.69) is 4.98 Å². The van der Waals surface area contributed by atoms with Crippen LogP contribution in [0, 0.1) is 11.6 Å². The Balaban J connectivity index is 1.80. The predicted octanol–water partition coefficient (Wildman–Crippen LogP) is 3.00. The molecule has 202 valence electrons. The topological polar surface area (TPSA) is 129 Å². The second-order valence-corrected chi connectivity index (χ2v) is 10.4. The van der Waals surface area contributed by atoms with Crippen LogP contribution in [0.15, 0.2) is 65.8 Å². The van der Waals surface area contributed by atoms with Gasteiger partial charge in [0.25, 0.3) is 5.91 Å². The fourth-order valence-electron chi connectivity index (χ4n) is 3.23. The molecule has 0 aliphatic rings. The average molecular weight is 569 g/mol. The molecule has 0 spiro atoms. The number of carbonyl (C=O) groups excluding carboxylic acids is 2. The zero-order chi connectivity index (χ0) is 27.9. The minimum Gasteiger partial charge on any atom is -0.451 e. The third-order valence-corrected chi connectivity index (χ3v) is 7.35. The van der Waals surface area contributed by atoms with Gasteiger partial charge in [-0.15, -0.1) is 0 Å². The number of nitrogens with zero attached hydrogens (tertiary/aromatic N) is 3. The molecule has 38 heavy (non-hydrogen) atoms. The third-order valence-electron chi connectivity index (χ3n) is 5.28. The Labute approximate surface area is 222 Å². The Morgan fingerprint density at radius 3 is 2.34 bits per heavy atom. The molecule has 0 saturated heterocycles. The van der Waals surface area contributed by atoms with Gasteiger partial charge in [0.1, 0.15) is 5.75 Å². The van der Waals surface area contributed by atoms with Crippen LogP contribution in [0.4, 0.5) is 8.78 Å². The number of carbonyl (C=O) groups is 2. The standard InChI is InChI=1S/C24H23ClF2N4O6S/c1-30(23(33)11-16-3-2-8-28-14-16)9-10-31(15-22(32)29-34)38(35,36)19-12-20(26)24(21(27)13-19)37-18-6-4-17(25)5-7-18/h2-8,12-14,34H,9-11,15H2,1H3,(H,29,32). The van der Waals surface area contributed by atoms with E-state index >= 15 is 0 Å². The van der Waals surface area contributed by atoms with Crippen LogP contribution < -0.4 is 10.2 Å². The summed E-state index contributed by atoms with van der Waals surface area (Å²) < 4.78 is 61.8. The molecule has 2 aromatic carbocycles. The maximum absolute atomic E-state index is 14.8. The molecule has 3 rings (SSSR count). The first-order chi connectivity index (χ1) is 18.0. The highest BCUT2D eigenvalue weighted by atomic mass is 35.5. The second-order valence-electron chi connectivity index (χ2n) is 8.00. The van der Waals surface area contributed by atoms with Crippen LogP contribution in [0.25, 0.3) is 0 Å². The Morgan fingerprint density at radius 2 is 1.76 bits per heavy atom. The molecule has 0 aliphatic heterocycles. The van der Waals surface area contributed by atoms with E-state index in [-0.39, 0.29) is 24.6 Å². The number of pyridine rings is 1. The minimum absolute atomic E-state index is 0.000278. The number of amides is 2. The number of halogens is 3. The Bertz CT molecular complexity index is 1370. The maximum Gasteiger partial charge on any atom is 0.258 e. The fourth-order valence-corrected chi connectivity index (χ4v) is 4.77. The lowest BCUT2D eigenvalue weighted by Crippen LogP contribution is -2.44. The van der Waals surface area contributed by atoms with Crippen LogP contribution in [0.1, 0.15) is 5.56 Å². The molecule has 0 bridgehead atoms. The molecule has 1 aromatic heterocycles. The molecular formula is C24H23ClF2N4O6S. The molecule has 0 atom stereocenters. The molecule has 14 heteroatoms. The summed E-state index contributed by atoms with van der Waals surface area (Å²) >= 11 is 5.78. The molecule has 10 nitrogen and oxygen atoms in total. The lowest BCUT2D eigenvalue weighted by Gasteiger charge is -2.25. The lowest BCUT2D eigenvalue weighted by atomic mass is 10.2. The number of nitrogens with one attached hydrogen (secondary N) is 1. The van der Waals surface area contributed by atoms with Crippen LogP contribution >= 0.6 is 11.6 Å². The number of hydroxylamine groups is 1. The molecule has 0 fully saturated rings. The number of ether oxygens (including phenoxy) is 1. The first-order valence-electron chi connectivity index (χ1n) is 11.0. The molecule has 0 aliphatic carbocycles. The van der Waals surface area contributed by atoms with Crippen molar-refractivity contribution in [1.29, 1.82) is 0 Å². The number of rotatable bonds is 11. The van der Waals surface area contributed by atoms with Crippen molar-refractivity contribution < 1.29 is 36.7 Å². The Kier molecular flexibility index (Phi) is 9.69. The van der Waals surface area contributed by atoms with E-state index in [4.69, 9.17) is 21.5 Å². The molecule has 0 unspecified atom stereocenters. The van der Waals surface area contributed by atoms with Crippen molar-refractivity contribution >= 4 is 33.4 Å². The van der Waals surface area contributed by atoms with Crippen molar-refractivity contribution in [2.75, 3.05) is 26.7 Å². The highest BCUT2D eigenvalue weighted by Crippen LogP contribution is 2.31. The SMILES string of the molecule is CN(CCN(CC(=O)NO)S(=O)(=O)c1cc(F)c(Oc2ccc(Cl)cc2)c(F)c1)C(=O)Cc1cccnc1. The third kappa shape index (κ3) is 7.44. The summed E-state index contributed by atoms with van der Waals surface area (Å²) in [4.78, 5) is 28.7. The van der Waals surface area contributed by atoms with Gasteiger partial charge in [-0.2, -0.15) is 4.31 Å². The largest absolute Gasteiger partial charge is 0.451 e. The molecule has 2 N–H and O–H groups in total. The summed E-state index contributed by atoms with van der Waals surface area (Å²) in [6.07, 6.45) is 3.06. The predicted molar refractivity (Wildman–Crippen MR) is 132 cm³/mol. The monoisotopic (exact) mass is 568 g/mol. The van der Waals surface area contributed by atoms with Gasteiger partial charge in [-0.3, -0.25) is 19.8 Å². The first kappa shape index (κ1) is 28.9. The number of likely N-dealkylation sites (N-methyl/N-ethyl adjacent to an activating group) is 1. The molecule has 2 amide bonds. The van der Waals surface area contributed by atoms with Crippen molar-refractivity contribution in [3.63, 3.8) is 0 Å². The smallest absolute Gasteiger partial charge is 0.258 e. The minimum atomic E-state index is -4.67. The molecule has 0 radical (unpaired) electrons. The maximum atomic E-state index is 14.8. The van der Waals surface area contributed by atoms with Crippen molar-refractivity contribution in [3.05, 3.63) is 83.1 Å². The number of aromatic nitrogens is 1. The van der Waals surface area contributed by atoms with Gasteiger partial charge in [-0.25, -0.2) is 22.7 Å². The summed E-state index contributed by atoms with van der Waals surface area (Å²) in [6, 6.07) is 10.1. The van der Waals surface area contributed by atoms with Crippen molar-refractivity contribution in [3.8, 4) is 11.5 Å². The van der Waals surface area contributed by atoms with Crippen LogP contribution in [0.5, 0.6) is 11.5 Å². The van der Waals surface area contributed by atoms with Gasteiger partial charge in [0.2, 0.25) is 15.9 Å². The van der Waals surface area contributed by atoms with Crippen molar-refractivity contribution in [2.24, 2.45) is 0 Å². The van der Waals surface area contributed by atoms with E-state index in [1.807, 2.05) is 0 Å². The summed E-state index contributed by atoms with van der Waals surface area (Å²) in [5, 5.41) is 9.27. The Hall–Kier alpha value is -3.65. The zero-order valence-corrected chi connectivity index (χ0v) is 21.5. The number of sulfonamides is 1. The van der Waals surface area contributed by atoms with Crippen LogP contribution in [0.2, 0.25) is 5.02 Å². The highest BCUT2D eigenvalue weighted by molar-refractivity contribution is 7.89. The normalized spacial score (nSPS) is 11.3. The van der Waals surface area contributed by atoms with Gasteiger partial charge in [-0.05, 0) is 48.0 Å². The van der Waals surface area contributed by atoms with Crippen molar-refractivity contribution in [2.45, 2.75) is 11.3 Å². The van der Waals surface area contributed by atoms with E-state index in [0.29, 0.717) is 27.0 Å². The van der Waals surface area contributed by atoms with Gasteiger partial charge in [0.15, 0.2) is 17.4 Å². The Morgan fingerprint density at radius 1 is 1.11 bits per heavy atom. The van der Waals surface area contributed by atoms with Crippen LogP contribution in [-0.4, -0.2) is 66.3 Å². The summed E-state index contributed by atoms with van der Waals surface area (Å²) in [6.45, 7) is -1.47. The van der Waals surface area contributed by atoms with Gasteiger partial charge < -0.3 is 9.64 Å². The number of hydrogen-bond acceptors (Lipinski definition) is 7. The van der Waals surface area contributed by atoms with Crippen LogP contribution in [-0.2, 0) is 26.0 Å².